The minimum atomic E-state index is 0.0349. The van der Waals surface area contributed by atoms with Crippen molar-refractivity contribution in [1.82, 2.24) is 4.90 Å². The van der Waals surface area contributed by atoms with Gasteiger partial charge in [-0.2, -0.15) is 0 Å². The average molecular weight is 261 g/mol. The van der Waals surface area contributed by atoms with Crippen molar-refractivity contribution in [3.63, 3.8) is 0 Å². The summed E-state index contributed by atoms with van der Waals surface area (Å²) in [6, 6.07) is 10.2. The number of hydrogen-bond donors (Lipinski definition) is 0. The lowest BCUT2D eigenvalue weighted by Gasteiger charge is -2.25. The second kappa shape index (κ2) is 8.73. The van der Waals surface area contributed by atoms with Crippen LogP contribution in [0.25, 0.3) is 0 Å². The summed E-state index contributed by atoms with van der Waals surface area (Å²) in [6.45, 7) is 7.90. The quantitative estimate of drug-likeness (QED) is 0.642. The van der Waals surface area contributed by atoms with E-state index in [9.17, 15) is 4.79 Å². The molecule has 0 aliphatic carbocycles. The van der Waals surface area contributed by atoms with Gasteiger partial charge in [0.2, 0.25) is 5.91 Å². The summed E-state index contributed by atoms with van der Waals surface area (Å²) in [6.07, 6.45) is 4.49. The highest BCUT2D eigenvalue weighted by molar-refractivity contribution is 5.83. The summed E-state index contributed by atoms with van der Waals surface area (Å²) in [5.41, 5.74) is 1.16. The van der Waals surface area contributed by atoms with E-state index in [1.54, 1.807) is 0 Å². The minimum Gasteiger partial charge on any atom is -0.343 e. The molecule has 0 aliphatic rings. The fourth-order valence-electron chi connectivity index (χ4n) is 2.47. The second-order valence-electron chi connectivity index (χ2n) is 4.97. The summed E-state index contributed by atoms with van der Waals surface area (Å²) in [5, 5.41) is 0. The van der Waals surface area contributed by atoms with Gasteiger partial charge in [-0.1, -0.05) is 56.5 Å². The molecule has 0 spiro atoms. The first kappa shape index (κ1) is 15.7. The van der Waals surface area contributed by atoms with Gasteiger partial charge < -0.3 is 4.90 Å². The Labute approximate surface area is 117 Å². The largest absolute Gasteiger partial charge is 0.343 e. The molecule has 0 aliphatic heterocycles. The molecule has 0 heterocycles. The number of benzene rings is 1. The molecule has 0 radical (unpaired) electrons. The Morgan fingerprint density at radius 2 is 1.68 bits per heavy atom. The Morgan fingerprint density at radius 1 is 1.05 bits per heavy atom. The molecule has 1 rings (SSSR count). The van der Waals surface area contributed by atoms with Crippen LogP contribution in [0, 0.1) is 0 Å². The Kier molecular flexibility index (Phi) is 7.24. The molecule has 0 fully saturated rings. The minimum absolute atomic E-state index is 0.0349. The van der Waals surface area contributed by atoms with Crippen molar-refractivity contribution >= 4 is 5.91 Å². The highest BCUT2D eigenvalue weighted by atomic mass is 16.2. The van der Waals surface area contributed by atoms with Gasteiger partial charge in [0.15, 0.2) is 0 Å². The lowest BCUT2D eigenvalue weighted by Crippen LogP contribution is -2.34. The molecular formula is C17H27NO. The van der Waals surface area contributed by atoms with Crippen LogP contribution in [-0.2, 0) is 4.79 Å². The highest BCUT2D eigenvalue weighted by Crippen LogP contribution is 2.24. The number of carbonyl (C=O) groups is 1. The van der Waals surface area contributed by atoms with Gasteiger partial charge >= 0.3 is 0 Å². The van der Waals surface area contributed by atoms with Crippen molar-refractivity contribution < 1.29 is 4.79 Å². The van der Waals surface area contributed by atoms with Crippen LogP contribution in [0.1, 0.15) is 57.9 Å². The Hall–Kier alpha value is -1.31. The number of likely N-dealkylation sites (N-methyl/N-ethyl adjacent to an activating group) is 1. The van der Waals surface area contributed by atoms with Crippen molar-refractivity contribution in [2.24, 2.45) is 0 Å². The fraction of sp³-hybridized carbons (Fsp3) is 0.588. The summed E-state index contributed by atoms with van der Waals surface area (Å²) in [4.78, 5) is 14.6. The van der Waals surface area contributed by atoms with Crippen molar-refractivity contribution in [3.8, 4) is 0 Å². The third-order valence-electron chi connectivity index (χ3n) is 3.67. The molecule has 2 heteroatoms. The lowest BCUT2D eigenvalue weighted by atomic mass is 9.92. The maximum absolute atomic E-state index is 12.6. The SMILES string of the molecule is CCCCCC(C(=O)N(CC)CC)c1ccccc1. The molecule has 1 aromatic carbocycles. The van der Waals surface area contributed by atoms with E-state index in [0.717, 1.165) is 31.5 Å². The first-order chi connectivity index (χ1) is 9.24. The van der Waals surface area contributed by atoms with Crippen LogP contribution in [0.3, 0.4) is 0 Å². The molecule has 0 bridgehead atoms. The van der Waals surface area contributed by atoms with Crippen molar-refractivity contribution in [3.05, 3.63) is 35.9 Å². The van der Waals surface area contributed by atoms with E-state index in [4.69, 9.17) is 0 Å². The first-order valence-corrected chi connectivity index (χ1v) is 7.58. The number of hydrogen-bond acceptors (Lipinski definition) is 1. The number of carbonyl (C=O) groups excluding carboxylic acids is 1. The predicted molar refractivity (Wildman–Crippen MR) is 81.3 cm³/mol. The highest BCUT2D eigenvalue weighted by Gasteiger charge is 2.23. The van der Waals surface area contributed by atoms with Crippen molar-refractivity contribution in [2.75, 3.05) is 13.1 Å². The van der Waals surface area contributed by atoms with Crippen LogP contribution in [0.5, 0.6) is 0 Å². The van der Waals surface area contributed by atoms with E-state index in [-0.39, 0.29) is 11.8 Å². The van der Waals surface area contributed by atoms with Crippen molar-refractivity contribution in [2.45, 2.75) is 52.4 Å². The first-order valence-electron chi connectivity index (χ1n) is 7.58. The number of nitrogens with zero attached hydrogens (tertiary/aromatic N) is 1. The number of unbranched alkanes of at least 4 members (excludes halogenated alkanes) is 2. The van der Waals surface area contributed by atoms with Crippen LogP contribution in [0.2, 0.25) is 0 Å². The van der Waals surface area contributed by atoms with Gasteiger partial charge in [0.25, 0.3) is 0 Å². The van der Waals surface area contributed by atoms with E-state index in [2.05, 4.69) is 32.9 Å². The van der Waals surface area contributed by atoms with Gasteiger partial charge in [-0.3, -0.25) is 4.79 Å². The molecule has 1 amide bonds. The topological polar surface area (TPSA) is 20.3 Å². The molecular weight excluding hydrogens is 234 g/mol. The molecule has 2 nitrogen and oxygen atoms in total. The number of amides is 1. The third kappa shape index (κ3) is 4.70. The van der Waals surface area contributed by atoms with Gasteiger partial charge in [-0.05, 0) is 25.8 Å². The van der Waals surface area contributed by atoms with Gasteiger partial charge in [-0.25, -0.2) is 0 Å². The second-order valence-corrected chi connectivity index (χ2v) is 4.97. The zero-order valence-corrected chi connectivity index (χ0v) is 12.6. The van der Waals surface area contributed by atoms with E-state index in [1.165, 1.54) is 12.8 Å². The maximum atomic E-state index is 12.6. The molecule has 1 unspecified atom stereocenters. The Bertz CT molecular complexity index is 357. The Morgan fingerprint density at radius 3 is 2.21 bits per heavy atom. The van der Waals surface area contributed by atoms with Crippen molar-refractivity contribution in [1.29, 1.82) is 0 Å². The van der Waals surface area contributed by atoms with E-state index in [0.29, 0.717) is 0 Å². The van der Waals surface area contributed by atoms with Crippen LogP contribution < -0.4 is 0 Å². The third-order valence-corrected chi connectivity index (χ3v) is 3.67. The number of rotatable bonds is 8. The Balaban J connectivity index is 2.82. The van der Waals surface area contributed by atoms with Gasteiger partial charge in [0.1, 0.15) is 0 Å². The standard InChI is InChI=1S/C17H27NO/c1-4-7-9-14-16(15-12-10-8-11-13-15)17(19)18(5-2)6-3/h8,10-13,16H,4-7,9,14H2,1-3H3. The van der Waals surface area contributed by atoms with Gasteiger partial charge in [0.05, 0.1) is 5.92 Å². The lowest BCUT2D eigenvalue weighted by molar-refractivity contribution is -0.132. The van der Waals surface area contributed by atoms with Crippen LogP contribution in [0.15, 0.2) is 30.3 Å². The molecule has 0 saturated carbocycles. The summed E-state index contributed by atoms with van der Waals surface area (Å²) < 4.78 is 0. The molecule has 19 heavy (non-hydrogen) atoms. The van der Waals surface area contributed by atoms with Crippen LogP contribution in [-0.4, -0.2) is 23.9 Å². The molecule has 106 valence electrons. The van der Waals surface area contributed by atoms with Crippen LogP contribution in [0.4, 0.5) is 0 Å². The average Bonchev–Trinajstić information content (AvgIpc) is 2.46. The molecule has 1 atom stereocenters. The molecule has 0 saturated heterocycles. The smallest absolute Gasteiger partial charge is 0.230 e. The molecule has 1 aromatic rings. The van der Waals surface area contributed by atoms with Crippen LogP contribution >= 0.6 is 0 Å². The van der Waals surface area contributed by atoms with Gasteiger partial charge in [0, 0.05) is 13.1 Å². The normalized spacial score (nSPS) is 12.2. The zero-order chi connectivity index (χ0) is 14.1. The predicted octanol–water partition coefficient (Wildman–Crippen LogP) is 4.22. The monoisotopic (exact) mass is 261 g/mol. The zero-order valence-electron chi connectivity index (χ0n) is 12.6. The fourth-order valence-corrected chi connectivity index (χ4v) is 2.47. The maximum Gasteiger partial charge on any atom is 0.230 e. The van der Waals surface area contributed by atoms with E-state index >= 15 is 0 Å². The molecule has 0 aromatic heterocycles. The van der Waals surface area contributed by atoms with Gasteiger partial charge in [-0.15, -0.1) is 0 Å². The van der Waals surface area contributed by atoms with E-state index in [1.807, 2.05) is 23.1 Å². The summed E-state index contributed by atoms with van der Waals surface area (Å²) >= 11 is 0. The van der Waals surface area contributed by atoms with E-state index < -0.39 is 0 Å². The molecule has 0 N–H and O–H groups in total. The summed E-state index contributed by atoms with van der Waals surface area (Å²) in [5.74, 6) is 0.319. The summed E-state index contributed by atoms with van der Waals surface area (Å²) in [7, 11) is 0.